The molecule has 3 heterocycles. The second-order valence-corrected chi connectivity index (χ2v) is 9.60. The molecule has 0 aliphatic carbocycles. The Balaban J connectivity index is 1.70. The van der Waals surface area contributed by atoms with Crippen molar-refractivity contribution >= 4 is 10.9 Å². The van der Waals surface area contributed by atoms with Crippen LogP contribution in [0.3, 0.4) is 0 Å². The Morgan fingerprint density at radius 1 is 1.06 bits per heavy atom. The molecule has 5 rings (SSSR count). The van der Waals surface area contributed by atoms with Gasteiger partial charge in [0.1, 0.15) is 6.04 Å². The predicted octanol–water partition coefficient (Wildman–Crippen LogP) is 3.73. The molecule has 7 heteroatoms. The van der Waals surface area contributed by atoms with Crippen molar-refractivity contribution in [2.45, 2.75) is 52.2 Å². The molecule has 1 aliphatic rings. The molecule has 0 amide bonds. The van der Waals surface area contributed by atoms with Crippen LogP contribution in [0.5, 0.6) is 0 Å². The molecule has 2 aromatic heterocycles. The van der Waals surface area contributed by atoms with Gasteiger partial charge >= 0.3 is 0 Å². The molecule has 2 aromatic carbocycles. The third kappa shape index (κ3) is 3.52. The number of pyridine rings is 1. The number of H-pyrrole nitrogens is 1. The number of aryl methyl sites for hydroxylation is 1. The van der Waals surface area contributed by atoms with E-state index < -0.39 is 0 Å². The second-order valence-electron chi connectivity index (χ2n) is 9.60. The number of fused-ring (bicyclic) bond motifs is 2. The highest BCUT2D eigenvalue weighted by molar-refractivity contribution is 5.82. The van der Waals surface area contributed by atoms with Crippen LogP contribution in [-0.2, 0) is 18.5 Å². The average molecular weight is 429 g/mol. The number of rotatable bonds is 3. The van der Waals surface area contributed by atoms with Crippen molar-refractivity contribution < 1.29 is 0 Å². The number of benzene rings is 2. The molecule has 32 heavy (non-hydrogen) atoms. The zero-order valence-corrected chi connectivity index (χ0v) is 19.0. The fourth-order valence-corrected chi connectivity index (χ4v) is 4.68. The highest BCUT2D eigenvalue weighted by Crippen LogP contribution is 2.33. The Morgan fingerprint density at radius 2 is 1.84 bits per heavy atom. The summed E-state index contributed by atoms with van der Waals surface area (Å²) in [6.45, 7) is 9.79. The lowest BCUT2D eigenvalue weighted by Gasteiger charge is -2.36. The number of nitrogens with one attached hydrogen (secondary N) is 1. The van der Waals surface area contributed by atoms with Crippen molar-refractivity contribution in [1.29, 1.82) is 0 Å². The van der Waals surface area contributed by atoms with E-state index in [-0.39, 0.29) is 17.1 Å². The monoisotopic (exact) mass is 428 g/mol. The zero-order valence-electron chi connectivity index (χ0n) is 19.0. The number of tetrazole rings is 1. The molecule has 1 N–H and O–H groups in total. The van der Waals surface area contributed by atoms with Crippen LogP contribution < -0.4 is 5.56 Å². The first-order chi connectivity index (χ1) is 15.3. The summed E-state index contributed by atoms with van der Waals surface area (Å²) in [5.74, 6) is 0.689. The topological polar surface area (TPSA) is 79.7 Å². The standard InChI is InChI=1S/C25H28N6O/c1-16-8-7-11-18-14-20(24(32)26-21(16)18)22(23-27-28-29-31(23)25(2,3)4)30-13-12-17-9-5-6-10-19(17)15-30/h5-11,14,22H,12-13,15H2,1-4H3,(H,26,32). The molecule has 7 nitrogen and oxygen atoms in total. The van der Waals surface area contributed by atoms with E-state index in [4.69, 9.17) is 0 Å². The lowest BCUT2D eigenvalue weighted by molar-refractivity contribution is 0.185. The van der Waals surface area contributed by atoms with E-state index in [2.05, 4.69) is 70.4 Å². The average Bonchev–Trinajstić information content (AvgIpc) is 3.25. The van der Waals surface area contributed by atoms with E-state index in [1.807, 2.05) is 35.9 Å². The van der Waals surface area contributed by atoms with Crippen LogP contribution in [0.15, 0.2) is 53.3 Å². The zero-order chi connectivity index (χ0) is 22.5. The van der Waals surface area contributed by atoms with Crippen LogP contribution in [-0.4, -0.2) is 36.6 Å². The minimum Gasteiger partial charge on any atom is -0.321 e. The van der Waals surface area contributed by atoms with E-state index in [0.29, 0.717) is 11.4 Å². The van der Waals surface area contributed by atoms with E-state index in [0.717, 1.165) is 36.0 Å². The molecular weight excluding hydrogens is 400 g/mol. The van der Waals surface area contributed by atoms with Gasteiger partial charge < -0.3 is 4.98 Å². The quantitative estimate of drug-likeness (QED) is 0.538. The van der Waals surface area contributed by atoms with Gasteiger partial charge in [0, 0.05) is 18.7 Å². The molecule has 164 valence electrons. The van der Waals surface area contributed by atoms with Crippen molar-refractivity contribution in [1.82, 2.24) is 30.1 Å². The largest absolute Gasteiger partial charge is 0.321 e. The van der Waals surface area contributed by atoms with Crippen molar-refractivity contribution in [2.24, 2.45) is 0 Å². The van der Waals surface area contributed by atoms with Gasteiger partial charge in [-0.1, -0.05) is 42.5 Å². The first-order valence-electron chi connectivity index (χ1n) is 11.0. The van der Waals surface area contributed by atoms with Gasteiger partial charge in [-0.05, 0) is 72.7 Å². The van der Waals surface area contributed by atoms with Gasteiger partial charge in [0.2, 0.25) is 0 Å². The van der Waals surface area contributed by atoms with Gasteiger partial charge in [-0.25, -0.2) is 4.68 Å². The Bertz CT molecular complexity index is 1350. The van der Waals surface area contributed by atoms with Crippen molar-refractivity contribution in [2.75, 3.05) is 6.54 Å². The van der Waals surface area contributed by atoms with Crippen molar-refractivity contribution in [3.63, 3.8) is 0 Å². The summed E-state index contributed by atoms with van der Waals surface area (Å²) in [7, 11) is 0. The van der Waals surface area contributed by atoms with Crippen molar-refractivity contribution in [3.05, 3.63) is 87.0 Å². The number of para-hydroxylation sites is 1. The van der Waals surface area contributed by atoms with Crippen LogP contribution in [0.25, 0.3) is 10.9 Å². The minimum absolute atomic E-state index is 0.0980. The number of hydrogen-bond donors (Lipinski definition) is 1. The van der Waals surface area contributed by atoms with E-state index in [1.165, 1.54) is 11.1 Å². The molecule has 1 aliphatic heterocycles. The lowest BCUT2D eigenvalue weighted by atomic mass is 9.95. The first-order valence-corrected chi connectivity index (χ1v) is 11.0. The first kappa shape index (κ1) is 20.6. The highest BCUT2D eigenvalue weighted by atomic mass is 16.1. The maximum Gasteiger partial charge on any atom is 0.253 e. The van der Waals surface area contributed by atoms with E-state index >= 15 is 0 Å². The Hall–Kier alpha value is -3.32. The summed E-state index contributed by atoms with van der Waals surface area (Å²) in [6.07, 6.45) is 0.925. The Labute approximate surface area is 187 Å². The smallest absolute Gasteiger partial charge is 0.253 e. The van der Waals surface area contributed by atoms with Crippen LogP contribution >= 0.6 is 0 Å². The fourth-order valence-electron chi connectivity index (χ4n) is 4.68. The maximum absolute atomic E-state index is 13.4. The molecule has 0 saturated carbocycles. The highest BCUT2D eigenvalue weighted by Gasteiger charge is 2.34. The third-order valence-electron chi connectivity index (χ3n) is 6.31. The maximum atomic E-state index is 13.4. The molecule has 0 radical (unpaired) electrons. The summed E-state index contributed by atoms with van der Waals surface area (Å²) in [5, 5.41) is 13.7. The van der Waals surface area contributed by atoms with Gasteiger partial charge in [0.15, 0.2) is 5.82 Å². The molecule has 1 atom stereocenters. The molecule has 0 bridgehead atoms. The number of hydrogen-bond acceptors (Lipinski definition) is 5. The summed E-state index contributed by atoms with van der Waals surface area (Å²) < 4.78 is 1.85. The molecule has 0 spiro atoms. The van der Waals surface area contributed by atoms with E-state index in [9.17, 15) is 4.79 Å². The molecule has 1 unspecified atom stereocenters. The SMILES string of the molecule is Cc1cccc2cc(C(c3nnnn3C(C)(C)C)N3CCc4ccccc4C3)c(=O)[nH]c12. The molecule has 0 saturated heterocycles. The van der Waals surface area contributed by atoms with E-state index in [1.54, 1.807) is 0 Å². The van der Waals surface area contributed by atoms with Gasteiger partial charge in [-0.3, -0.25) is 9.69 Å². The number of nitrogens with zero attached hydrogens (tertiary/aromatic N) is 5. The predicted molar refractivity (Wildman–Crippen MR) is 125 cm³/mol. The van der Waals surface area contributed by atoms with Crippen LogP contribution in [0.1, 0.15) is 54.9 Å². The van der Waals surface area contributed by atoms with Crippen LogP contribution in [0.4, 0.5) is 0 Å². The van der Waals surface area contributed by atoms with Gasteiger partial charge in [0.05, 0.1) is 11.1 Å². The summed E-state index contributed by atoms with van der Waals surface area (Å²) >= 11 is 0. The van der Waals surface area contributed by atoms with Gasteiger partial charge in [-0.15, -0.1) is 5.10 Å². The molecular formula is C25H28N6O. The van der Waals surface area contributed by atoms with Gasteiger partial charge in [-0.2, -0.15) is 0 Å². The summed E-state index contributed by atoms with van der Waals surface area (Å²) in [5.41, 5.74) is 4.83. The summed E-state index contributed by atoms with van der Waals surface area (Å²) in [4.78, 5) is 18.9. The van der Waals surface area contributed by atoms with Gasteiger partial charge in [0.25, 0.3) is 5.56 Å². The lowest BCUT2D eigenvalue weighted by Crippen LogP contribution is -2.40. The number of aromatic nitrogens is 5. The second kappa shape index (κ2) is 7.67. The van der Waals surface area contributed by atoms with Crippen LogP contribution in [0, 0.1) is 6.92 Å². The third-order valence-corrected chi connectivity index (χ3v) is 6.31. The Kier molecular flexibility index (Phi) is 4.93. The molecule has 0 fully saturated rings. The fraction of sp³-hybridized carbons (Fsp3) is 0.360. The van der Waals surface area contributed by atoms with Crippen molar-refractivity contribution in [3.8, 4) is 0 Å². The number of aromatic amines is 1. The minimum atomic E-state index is -0.355. The molecule has 4 aromatic rings. The Morgan fingerprint density at radius 3 is 2.62 bits per heavy atom. The summed E-state index contributed by atoms with van der Waals surface area (Å²) in [6, 6.07) is 16.2. The van der Waals surface area contributed by atoms with Crippen LogP contribution in [0.2, 0.25) is 0 Å². The normalized spacial score (nSPS) is 15.6.